The monoisotopic (exact) mass is 311 g/mol. The quantitative estimate of drug-likeness (QED) is 0.909. The third-order valence-corrected chi connectivity index (χ3v) is 4.74. The molecule has 0 spiro atoms. The van der Waals surface area contributed by atoms with E-state index in [2.05, 4.69) is 18.0 Å². The molecule has 3 rings (SSSR count). The van der Waals surface area contributed by atoms with Crippen molar-refractivity contribution in [3.63, 3.8) is 0 Å². The maximum Gasteiger partial charge on any atom is 0.336 e. The second-order valence-corrected chi connectivity index (χ2v) is 6.38. The molecule has 0 fully saturated rings. The summed E-state index contributed by atoms with van der Waals surface area (Å²) in [5.74, 6) is -0.950. The number of nitrogens with zero attached hydrogens (tertiary/aromatic N) is 1. The molecule has 0 radical (unpaired) electrons. The molecule has 1 unspecified atom stereocenters. The number of benzene rings is 1. The first-order valence-electron chi connectivity index (χ1n) is 7.98. The van der Waals surface area contributed by atoms with Crippen LogP contribution in [0.15, 0.2) is 36.7 Å². The molecule has 0 saturated carbocycles. The number of carboxylic acids is 1. The van der Waals surface area contributed by atoms with Crippen molar-refractivity contribution in [2.45, 2.75) is 44.6 Å². The summed E-state index contributed by atoms with van der Waals surface area (Å²) in [7, 11) is 0. The Morgan fingerprint density at radius 1 is 1.35 bits per heavy atom. The van der Waals surface area contributed by atoms with Gasteiger partial charge in [0.2, 0.25) is 0 Å². The number of aryl methyl sites for hydroxylation is 3. The minimum Gasteiger partial charge on any atom is -0.478 e. The van der Waals surface area contributed by atoms with Crippen molar-refractivity contribution < 1.29 is 15.0 Å². The summed E-state index contributed by atoms with van der Waals surface area (Å²) in [5.41, 5.74) is 3.47. The van der Waals surface area contributed by atoms with E-state index in [1.165, 1.54) is 23.4 Å². The average Bonchev–Trinajstić information content (AvgIpc) is 2.53. The molecule has 2 N–H and O–H groups in total. The molecule has 120 valence electrons. The lowest BCUT2D eigenvalue weighted by Gasteiger charge is -2.35. The predicted octanol–water partition coefficient (Wildman–Crippen LogP) is 3.24. The van der Waals surface area contributed by atoms with Gasteiger partial charge in [-0.05, 0) is 61.8 Å². The van der Waals surface area contributed by atoms with Crippen molar-refractivity contribution in [1.29, 1.82) is 0 Å². The van der Waals surface area contributed by atoms with Gasteiger partial charge in [-0.3, -0.25) is 4.98 Å². The molecule has 0 aliphatic heterocycles. The molecule has 1 aliphatic rings. The Labute approximate surface area is 135 Å². The standard InChI is InChI=1S/C19H21NO3/c1-13-4-5-17-14(11-13)3-2-8-19(17,23)9-6-15-12-20-10-7-16(15)18(21)22/h4-5,7,10-12,23H,2-3,6,8-9H2,1H3,(H,21,22). The SMILES string of the molecule is Cc1ccc2c(c1)CCCC2(O)CCc1cnccc1C(=O)O. The molecule has 1 aromatic heterocycles. The Balaban J connectivity index is 1.86. The lowest BCUT2D eigenvalue weighted by molar-refractivity contribution is 0.0102. The number of fused-ring (bicyclic) bond motifs is 1. The summed E-state index contributed by atoms with van der Waals surface area (Å²) < 4.78 is 0. The number of carboxylic acid groups (broad SMARTS) is 1. The van der Waals surface area contributed by atoms with Crippen LogP contribution >= 0.6 is 0 Å². The van der Waals surface area contributed by atoms with Gasteiger partial charge in [-0.2, -0.15) is 0 Å². The van der Waals surface area contributed by atoms with Crippen LogP contribution in [-0.4, -0.2) is 21.2 Å². The van der Waals surface area contributed by atoms with Gasteiger partial charge < -0.3 is 10.2 Å². The number of rotatable bonds is 4. The van der Waals surface area contributed by atoms with Crippen LogP contribution in [0.2, 0.25) is 0 Å². The Morgan fingerprint density at radius 3 is 2.96 bits per heavy atom. The van der Waals surface area contributed by atoms with Gasteiger partial charge in [0.05, 0.1) is 11.2 Å². The Bertz CT molecular complexity index is 741. The summed E-state index contributed by atoms with van der Waals surface area (Å²) in [5, 5.41) is 20.4. The summed E-state index contributed by atoms with van der Waals surface area (Å²) in [6.45, 7) is 2.06. The zero-order valence-electron chi connectivity index (χ0n) is 13.2. The zero-order valence-corrected chi connectivity index (χ0v) is 13.2. The third-order valence-electron chi connectivity index (χ3n) is 4.74. The van der Waals surface area contributed by atoms with Gasteiger partial charge in [0.15, 0.2) is 0 Å². The zero-order chi connectivity index (χ0) is 16.4. The molecule has 1 atom stereocenters. The highest BCUT2D eigenvalue weighted by atomic mass is 16.4. The van der Waals surface area contributed by atoms with Crippen molar-refractivity contribution in [3.8, 4) is 0 Å². The Hall–Kier alpha value is -2.20. The van der Waals surface area contributed by atoms with E-state index in [9.17, 15) is 15.0 Å². The fraction of sp³-hybridized carbons (Fsp3) is 0.368. The van der Waals surface area contributed by atoms with Crippen molar-refractivity contribution >= 4 is 5.97 Å². The highest BCUT2D eigenvalue weighted by Crippen LogP contribution is 2.39. The molecular weight excluding hydrogens is 290 g/mol. The van der Waals surface area contributed by atoms with Crippen LogP contribution in [0, 0.1) is 6.92 Å². The molecule has 4 nitrogen and oxygen atoms in total. The van der Waals surface area contributed by atoms with Crippen LogP contribution in [0.25, 0.3) is 0 Å². The number of aliphatic hydroxyl groups is 1. The fourth-order valence-electron chi connectivity index (χ4n) is 3.53. The van der Waals surface area contributed by atoms with E-state index in [4.69, 9.17) is 0 Å². The van der Waals surface area contributed by atoms with Gasteiger partial charge in [0, 0.05) is 12.4 Å². The van der Waals surface area contributed by atoms with Gasteiger partial charge >= 0.3 is 5.97 Å². The predicted molar refractivity (Wildman–Crippen MR) is 87.5 cm³/mol. The maximum atomic E-state index is 11.3. The number of hydrogen-bond acceptors (Lipinski definition) is 3. The van der Waals surface area contributed by atoms with Crippen LogP contribution in [0.1, 0.15) is 51.9 Å². The van der Waals surface area contributed by atoms with Crippen molar-refractivity contribution in [2.24, 2.45) is 0 Å². The molecule has 1 aliphatic carbocycles. The van der Waals surface area contributed by atoms with Crippen molar-refractivity contribution in [3.05, 3.63) is 64.5 Å². The molecular formula is C19H21NO3. The lowest BCUT2D eigenvalue weighted by atomic mass is 9.75. The first kappa shape index (κ1) is 15.7. The smallest absolute Gasteiger partial charge is 0.336 e. The van der Waals surface area contributed by atoms with E-state index in [0.29, 0.717) is 24.8 Å². The maximum absolute atomic E-state index is 11.3. The summed E-state index contributed by atoms with van der Waals surface area (Å²) in [6, 6.07) is 7.71. The average molecular weight is 311 g/mol. The molecule has 0 bridgehead atoms. The summed E-state index contributed by atoms with van der Waals surface area (Å²) >= 11 is 0. The van der Waals surface area contributed by atoms with E-state index < -0.39 is 11.6 Å². The third kappa shape index (κ3) is 3.13. The fourth-order valence-corrected chi connectivity index (χ4v) is 3.53. The van der Waals surface area contributed by atoms with Gasteiger partial charge in [-0.25, -0.2) is 4.79 Å². The van der Waals surface area contributed by atoms with E-state index in [1.807, 2.05) is 12.1 Å². The van der Waals surface area contributed by atoms with Gasteiger partial charge in [-0.15, -0.1) is 0 Å². The van der Waals surface area contributed by atoms with Crippen LogP contribution < -0.4 is 0 Å². The highest BCUT2D eigenvalue weighted by Gasteiger charge is 2.34. The number of carbonyl (C=O) groups is 1. The normalized spacial score (nSPS) is 20.1. The van der Waals surface area contributed by atoms with E-state index in [1.54, 1.807) is 6.20 Å². The first-order valence-corrected chi connectivity index (χ1v) is 7.98. The largest absolute Gasteiger partial charge is 0.478 e. The van der Waals surface area contributed by atoms with Crippen molar-refractivity contribution in [1.82, 2.24) is 4.98 Å². The van der Waals surface area contributed by atoms with E-state index in [-0.39, 0.29) is 5.56 Å². The van der Waals surface area contributed by atoms with Crippen molar-refractivity contribution in [2.75, 3.05) is 0 Å². The lowest BCUT2D eigenvalue weighted by Crippen LogP contribution is -2.31. The Kier molecular flexibility index (Phi) is 4.18. The van der Waals surface area contributed by atoms with E-state index in [0.717, 1.165) is 18.4 Å². The minimum atomic E-state index is -0.950. The van der Waals surface area contributed by atoms with Gasteiger partial charge in [0.25, 0.3) is 0 Å². The first-order chi connectivity index (χ1) is 11.0. The molecule has 1 aromatic carbocycles. The van der Waals surface area contributed by atoms with Crippen LogP contribution in [0.5, 0.6) is 0 Å². The van der Waals surface area contributed by atoms with Crippen LogP contribution in [0.3, 0.4) is 0 Å². The second-order valence-electron chi connectivity index (χ2n) is 6.38. The minimum absolute atomic E-state index is 0.267. The van der Waals surface area contributed by atoms with Crippen LogP contribution in [-0.2, 0) is 18.4 Å². The van der Waals surface area contributed by atoms with Gasteiger partial charge in [-0.1, -0.05) is 23.8 Å². The number of pyridine rings is 1. The molecule has 23 heavy (non-hydrogen) atoms. The second kappa shape index (κ2) is 6.13. The molecule has 0 saturated heterocycles. The topological polar surface area (TPSA) is 70.4 Å². The number of hydrogen-bond donors (Lipinski definition) is 2. The summed E-state index contributed by atoms with van der Waals surface area (Å²) in [4.78, 5) is 15.3. The molecule has 2 aromatic rings. The molecule has 4 heteroatoms. The molecule has 1 heterocycles. The molecule has 0 amide bonds. The number of aromatic nitrogens is 1. The Morgan fingerprint density at radius 2 is 2.17 bits per heavy atom. The summed E-state index contributed by atoms with van der Waals surface area (Å²) in [6.07, 6.45) is 6.74. The van der Waals surface area contributed by atoms with Crippen LogP contribution in [0.4, 0.5) is 0 Å². The number of aromatic carboxylic acids is 1. The highest BCUT2D eigenvalue weighted by molar-refractivity contribution is 5.89. The van der Waals surface area contributed by atoms with E-state index >= 15 is 0 Å². The van der Waals surface area contributed by atoms with Gasteiger partial charge in [0.1, 0.15) is 0 Å².